The lowest BCUT2D eigenvalue weighted by molar-refractivity contribution is -0.142. The molecule has 1 fully saturated rings. The van der Waals surface area contributed by atoms with Gasteiger partial charge in [0.25, 0.3) is 0 Å². The number of hydrogen-bond acceptors (Lipinski definition) is 11. The molecule has 61 heavy (non-hydrogen) atoms. The van der Waals surface area contributed by atoms with Gasteiger partial charge in [-0.1, -0.05) is 47.6 Å². The maximum Gasteiger partial charge on any atom is 0.245 e. The molecular weight excluding hydrogens is 812 g/mol. The van der Waals surface area contributed by atoms with Crippen LogP contribution in [0.4, 0.5) is 5.82 Å². The Balaban J connectivity index is 1.30. The summed E-state index contributed by atoms with van der Waals surface area (Å²) in [5.74, 6) is -0.187. The number of nitrogens with two attached hydrogens (primary N) is 2. The van der Waals surface area contributed by atoms with Gasteiger partial charge in [0, 0.05) is 74.0 Å². The van der Waals surface area contributed by atoms with Crippen molar-refractivity contribution in [2.45, 2.75) is 79.7 Å². The largest absolute Gasteiger partial charge is 0.378 e. The molecule has 322 valence electrons. The number of carbonyl (C=O) groups excluding carboxylic acids is 3. The Hall–Kier alpha value is -5.03. The van der Waals surface area contributed by atoms with Gasteiger partial charge in [-0.05, 0) is 109 Å². The average molecular weight is 868 g/mol. The fraction of sp³-hybridized carbons (Fsp3) is 0.400. The van der Waals surface area contributed by atoms with Crippen LogP contribution in [0.2, 0.25) is 5.02 Å². The highest BCUT2D eigenvalue weighted by atomic mass is 35.5. The van der Waals surface area contributed by atoms with Crippen LogP contribution in [0.5, 0.6) is 0 Å². The van der Waals surface area contributed by atoms with Crippen LogP contribution in [-0.4, -0.2) is 102 Å². The Bertz CT molecular complexity index is 2300. The summed E-state index contributed by atoms with van der Waals surface area (Å²) in [4.78, 5) is 60.7. The van der Waals surface area contributed by atoms with Gasteiger partial charge in [-0.2, -0.15) is 0 Å². The van der Waals surface area contributed by atoms with Crippen molar-refractivity contribution in [3.8, 4) is 11.1 Å². The number of fused-ring (bicyclic) bond motifs is 3. The molecule has 0 radical (unpaired) electrons. The van der Waals surface area contributed by atoms with E-state index in [9.17, 15) is 14.4 Å². The topological polar surface area (TPSA) is 197 Å². The lowest BCUT2D eigenvalue weighted by atomic mass is 10.0. The molecule has 8 N–H and O–H groups in total. The van der Waals surface area contributed by atoms with Crippen LogP contribution in [0.15, 0.2) is 89.2 Å². The summed E-state index contributed by atoms with van der Waals surface area (Å²) in [5, 5.41) is 11.8. The second kappa shape index (κ2) is 21.2. The number of hydrogen-bond donors (Lipinski definition) is 6. The first kappa shape index (κ1) is 44.0. The lowest BCUT2D eigenvalue weighted by Crippen LogP contribution is -2.57. The molecule has 2 aromatic carbocycles. The number of unbranched alkanes of at least 4 members (excludes halogenated alkanes) is 1. The van der Waals surface area contributed by atoms with Crippen molar-refractivity contribution in [1.82, 2.24) is 35.8 Å². The summed E-state index contributed by atoms with van der Waals surface area (Å²) in [6, 6.07) is 17.2. The maximum atomic E-state index is 14.7. The molecule has 5 aromatic rings. The molecule has 3 amide bonds. The number of benzene rings is 2. The molecule has 16 heteroatoms. The van der Waals surface area contributed by atoms with E-state index in [1.54, 1.807) is 19.4 Å². The third-order valence-electron chi connectivity index (χ3n) is 11.4. The minimum Gasteiger partial charge on any atom is -0.378 e. The van der Waals surface area contributed by atoms with E-state index in [0.29, 0.717) is 75.0 Å². The number of halogens is 1. The van der Waals surface area contributed by atoms with Crippen molar-refractivity contribution in [2.75, 3.05) is 51.3 Å². The fourth-order valence-corrected chi connectivity index (χ4v) is 9.24. The summed E-state index contributed by atoms with van der Waals surface area (Å²) in [6.45, 7) is 4.04. The highest BCUT2D eigenvalue weighted by Crippen LogP contribution is 2.40. The van der Waals surface area contributed by atoms with Crippen LogP contribution < -0.4 is 32.3 Å². The molecule has 2 aliphatic rings. The Labute approximate surface area is 365 Å². The number of anilines is 1. The highest BCUT2D eigenvalue weighted by molar-refractivity contribution is 7.99. The Morgan fingerprint density at radius 2 is 1.66 bits per heavy atom. The zero-order valence-electron chi connectivity index (χ0n) is 34.5. The van der Waals surface area contributed by atoms with Crippen LogP contribution in [-0.2, 0) is 38.6 Å². The van der Waals surface area contributed by atoms with Gasteiger partial charge < -0.3 is 46.9 Å². The Morgan fingerprint density at radius 3 is 2.48 bits per heavy atom. The number of nitrogens with zero attached hydrogens (tertiary/aromatic N) is 4. The van der Waals surface area contributed by atoms with Gasteiger partial charge in [0.05, 0.1) is 24.3 Å². The van der Waals surface area contributed by atoms with Crippen molar-refractivity contribution in [2.24, 2.45) is 11.5 Å². The van der Waals surface area contributed by atoms with Gasteiger partial charge in [0.1, 0.15) is 22.9 Å². The van der Waals surface area contributed by atoms with E-state index in [-0.39, 0.29) is 30.7 Å². The molecule has 3 aromatic heterocycles. The normalized spacial score (nSPS) is 19.5. The monoisotopic (exact) mass is 866 g/mol. The van der Waals surface area contributed by atoms with Gasteiger partial charge in [-0.3, -0.25) is 14.4 Å². The third kappa shape index (κ3) is 10.9. The van der Waals surface area contributed by atoms with Gasteiger partial charge in [0.2, 0.25) is 17.7 Å². The standard InChI is InChI=1S/C45H55ClN10O4S/c1-55-39(24-32-27-51-36-10-3-2-9-34(32)36)43(58)53-28-33-22-31(29-13-17-49-40(25-29)56-18-20-60-21-19-56)23-35(46)41(33)61-44-30(8-7-16-50-44)26-52-37(12-6-15-48)42(57)54-38(45(55)59)11-4-5-14-47/h2-3,7-10,13,16-17,22-23,25,27,37-39,51-52H,4-6,11-12,14-15,18-21,24,26,28,47-48H2,1H3,(H,53,58)(H,54,57)/t37-,38-,39-/m0/s1. The summed E-state index contributed by atoms with van der Waals surface area (Å²) < 4.78 is 5.58. The number of aromatic amines is 1. The van der Waals surface area contributed by atoms with Gasteiger partial charge in [-0.25, -0.2) is 9.97 Å². The molecule has 5 heterocycles. The number of morpholine rings is 1. The van der Waals surface area contributed by atoms with E-state index < -0.39 is 18.1 Å². The van der Waals surface area contributed by atoms with Crippen LogP contribution in [0.25, 0.3) is 22.0 Å². The summed E-state index contributed by atoms with van der Waals surface area (Å²) in [6.07, 6.45) is 8.33. The van der Waals surface area contributed by atoms with Gasteiger partial charge >= 0.3 is 0 Å². The second-order valence-corrected chi connectivity index (χ2v) is 16.9. The van der Waals surface area contributed by atoms with E-state index in [1.165, 1.54) is 16.7 Å². The number of pyridine rings is 2. The quantitative estimate of drug-likeness (QED) is 0.100. The number of aromatic nitrogens is 3. The molecule has 14 nitrogen and oxygen atoms in total. The van der Waals surface area contributed by atoms with Crippen molar-refractivity contribution >= 4 is 57.8 Å². The Morgan fingerprint density at radius 1 is 0.852 bits per heavy atom. The molecule has 2 aliphatic heterocycles. The fourth-order valence-electron chi connectivity index (χ4n) is 7.89. The first-order valence-electron chi connectivity index (χ1n) is 21.0. The molecule has 1 saturated heterocycles. The predicted molar refractivity (Wildman–Crippen MR) is 240 cm³/mol. The van der Waals surface area contributed by atoms with Crippen molar-refractivity contribution in [3.05, 3.63) is 101 Å². The molecule has 0 bridgehead atoms. The second-order valence-electron chi connectivity index (χ2n) is 15.5. The number of amides is 3. The average Bonchev–Trinajstić information content (AvgIpc) is 3.70. The van der Waals surface area contributed by atoms with Gasteiger partial charge in [-0.15, -0.1) is 0 Å². The van der Waals surface area contributed by atoms with Crippen LogP contribution >= 0.6 is 23.4 Å². The SMILES string of the molecule is CN1C(=O)[C@H](CCCCN)NC(=O)[C@H](CCCN)NCc2cccnc2Sc2c(Cl)cc(-c3ccnc(N4CCOCC4)c3)cc2CNC(=O)[C@@H]1Cc1c[nH]c2ccccc12. The molecule has 7 rings (SSSR count). The van der Waals surface area contributed by atoms with Crippen LogP contribution in [0.3, 0.4) is 0 Å². The van der Waals surface area contributed by atoms with E-state index in [2.05, 4.69) is 30.8 Å². The summed E-state index contributed by atoms with van der Waals surface area (Å²) >= 11 is 8.66. The van der Waals surface area contributed by atoms with E-state index in [4.69, 9.17) is 32.8 Å². The molecule has 0 saturated carbocycles. The minimum atomic E-state index is -0.934. The predicted octanol–water partition coefficient (Wildman–Crippen LogP) is 4.78. The summed E-state index contributed by atoms with van der Waals surface area (Å²) in [5.41, 5.74) is 17.0. The lowest BCUT2D eigenvalue weighted by Gasteiger charge is -2.32. The van der Waals surface area contributed by atoms with Crippen molar-refractivity contribution in [1.29, 1.82) is 0 Å². The number of likely N-dealkylation sites (N-methyl/N-ethyl adjacent to an activating group) is 1. The maximum absolute atomic E-state index is 14.7. The number of H-pyrrole nitrogens is 1. The van der Waals surface area contributed by atoms with E-state index in [1.807, 2.05) is 66.9 Å². The number of rotatable bonds is 11. The molecule has 3 atom stereocenters. The van der Waals surface area contributed by atoms with Crippen LogP contribution in [0.1, 0.15) is 48.8 Å². The number of ether oxygens (including phenoxy) is 1. The Kier molecular flexibility index (Phi) is 15.3. The smallest absolute Gasteiger partial charge is 0.245 e. The zero-order chi connectivity index (χ0) is 42.7. The first-order chi connectivity index (χ1) is 29.7. The molecule has 0 unspecified atom stereocenters. The van der Waals surface area contributed by atoms with Crippen molar-refractivity contribution < 1.29 is 19.1 Å². The first-order valence-corrected chi connectivity index (χ1v) is 22.2. The number of carbonyl (C=O) groups is 3. The minimum absolute atomic E-state index is 0.112. The van der Waals surface area contributed by atoms with E-state index >= 15 is 0 Å². The molecule has 0 spiro atoms. The highest BCUT2D eigenvalue weighted by Gasteiger charge is 2.34. The van der Waals surface area contributed by atoms with Crippen molar-refractivity contribution in [3.63, 3.8) is 0 Å². The molecular formula is C45H55ClN10O4S. The zero-order valence-corrected chi connectivity index (χ0v) is 36.1. The van der Waals surface area contributed by atoms with Gasteiger partial charge in [0.15, 0.2) is 0 Å². The summed E-state index contributed by atoms with van der Waals surface area (Å²) in [7, 11) is 1.64. The van der Waals surface area contributed by atoms with Crippen LogP contribution in [0, 0.1) is 0 Å². The molecule has 0 aliphatic carbocycles. The number of nitrogens with one attached hydrogen (secondary N) is 4. The number of para-hydroxylation sites is 1. The van der Waals surface area contributed by atoms with E-state index in [0.717, 1.165) is 62.5 Å². The third-order valence-corrected chi connectivity index (χ3v) is 13.0.